The first-order valence-electron chi connectivity index (χ1n) is 2.12. The van der Waals surface area contributed by atoms with Crippen molar-refractivity contribution < 1.29 is 34.8 Å². The van der Waals surface area contributed by atoms with E-state index in [4.69, 9.17) is 0 Å². The summed E-state index contributed by atoms with van der Waals surface area (Å²) in [5.74, 6) is 0. The molecule has 0 N–H and O–H groups in total. The molecule has 0 amide bonds. The molecule has 2 heteroatoms. The second kappa shape index (κ2) is 5.22. The third kappa shape index (κ3) is 36.3. The Kier molecular flexibility index (Phi) is 9.94. The molecule has 24 valence electrons. The van der Waals surface area contributed by atoms with E-state index in [1.54, 1.807) is 0 Å². The van der Waals surface area contributed by atoms with E-state index >= 15 is 0 Å². The molecular weight excluding hydrogens is 108 g/mol. The fraction of sp³-hybridized carbons (Fsp3) is 1.00. The van der Waals surface area contributed by atoms with Crippen LogP contribution in [0.3, 0.4) is 0 Å². The van der Waals surface area contributed by atoms with Gasteiger partial charge in [-0.25, -0.2) is 0 Å². The van der Waals surface area contributed by atoms with Crippen molar-refractivity contribution in [2.45, 2.75) is 16.6 Å². The summed E-state index contributed by atoms with van der Waals surface area (Å²) in [5.41, 5.74) is 7.12. The van der Waals surface area contributed by atoms with Gasteiger partial charge in [-0.3, -0.25) is 0 Å². The van der Waals surface area contributed by atoms with Crippen LogP contribution in [0.4, 0.5) is 0 Å². The first kappa shape index (κ1) is 9.52. The van der Waals surface area contributed by atoms with E-state index in [9.17, 15) is 0 Å². The second-order valence-corrected chi connectivity index (χ2v) is 11.0. The molecule has 0 saturated heterocycles. The van der Waals surface area contributed by atoms with Crippen LogP contribution in [0.2, 0.25) is 16.6 Å². The predicted molar refractivity (Wildman–Crippen MR) is 17.6 cm³/mol. The van der Waals surface area contributed by atoms with Crippen molar-refractivity contribution in [3.05, 3.63) is 0 Å². The van der Waals surface area contributed by atoms with Gasteiger partial charge in [0.2, 0.25) is 0 Å². The molecule has 0 spiro atoms. The molecule has 0 bridgehead atoms. The maximum absolute atomic E-state index is 2.38. The van der Waals surface area contributed by atoms with E-state index in [1.165, 1.54) is 0 Å². The van der Waals surface area contributed by atoms with Crippen molar-refractivity contribution >= 4 is 0 Å². The quantitative estimate of drug-likeness (QED) is 0.348. The second-order valence-electron chi connectivity index (χ2n) is 2.12. The fourth-order valence-corrected chi connectivity index (χ4v) is 0. The Morgan fingerprint density at radius 2 is 1.00 bits per heavy atom. The normalized spacial score (nSPS) is 5.40. The average Bonchev–Trinajstić information content (AvgIpc) is 0.811. The van der Waals surface area contributed by atoms with Crippen molar-refractivity contribution in [1.29, 1.82) is 0 Å². The Morgan fingerprint density at radius 3 is 1.00 bits per heavy atom. The Morgan fingerprint density at radius 1 is 1.00 bits per heavy atom. The molecule has 0 saturated carbocycles. The van der Waals surface area contributed by atoms with Crippen molar-refractivity contribution in [2.24, 2.45) is 0 Å². The molecular formula is C3H9LiZn. The molecule has 0 aromatic rings. The Bertz CT molecular complexity index is 11.6. The van der Waals surface area contributed by atoms with E-state index < -0.39 is 16.0 Å². The summed E-state index contributed by atoms with van der Waals surface area (Å²) in [4.78, 5) is 0. The monoisotopic (exact) mass is 116 g/mol. The van der Waals surface area contributed by atoms with Gasteiger partial charge in [0.1, 0.15) is 0 Å². The first-order chi connectivity index (χ1) is 1.73. The van der Waals surface area contributed by atoms with Crippen LogP contribution in [0, 0.1) is 0 Å². The van der Waals surface area contributed by atoms with Crippen molar-refractivity contribution in [1.82, 2.24) is 0 Å². The summed E-state index contributed by atoms with van der Waals surface area (Å²) < 4.78 is 0. The summed E-state index contributed by atoms with van der Waals surface area (Å²) in [5, 5.41) is 0. The predicted octanol–water partition coefficient (Wildman–Crippen LogP) is -1.25. The van der Waals surface area contributed by atoms with Gasteiger partial charge in [0, 0.05) is 0 Å². The molecule has 0 unspecified atom stereocenters. The van der Waals surface area contributed by atoms with Crippen LogP contribution in [0.1, 0.15) is 0 Å². The van der Waals surface area contributed by atoms with Crippen LogP contribution in [-0.2, 0) is 16.0 Å². The minimum atomic E-state index is -0.625. The summed E-state index contributed by atoms with van der Waals surface area (Å²) in [6, 6.07) is 0. The smallest absolute Gasteiger partial charge is 1.00 e. The van der Waals surface area contributed by atoms with Crippen molar-refractivity contribution in [3.63, 3.8) is 0 Å². The van der Waals surface area contributed by atoms with Crippen LogP contribution in [0.25, 0.3) is 0 Å². The first-order valence-corrected chi connectivity index (χ1v) is 11.0. The molecule has 0 atom stereocenters. The molecule has 0 aromatic carbocycles. The standard InChI is InChI=1S/3CH3.Li.Zn/h3*1H3;;/q;;;+1;-1. The van der Waals surface area contributed by atoms with Crippen LogP contribution in [0.5, 0.6) is 0 Å². The summed E-state index contributed by atoms with van der Waals surface area (Å²) in [6.07, 6.45) is 0. The third-order valence-electron chi connectivity index (χ3n) is 0. The topological polar surface area (TPSA) is 0 Å². The molecule has 0 fully saturated rings. The number of rotatable bonds is 0. The van der Waals surface area contributed by atoms with Gasteiger partial charge >= 0.3 is 51.4 Å². The van der Waals surface area contributed by atoms with Gasteiger partial charge < -0.3 is 0 Å². The van der Waals surface area contributed by atoms with Gasteiger partial charge in [-0.05, 0) is 0 Å². The van der Waals surface area contributed by atoms with Gasteiger partial charge in [-0.1, -0.05) is 0 Å². The molecule has 0 nitrogen and oxygen atoms in total. The summed E-state index contributed by atoms with van der Waals surface area (Å²) >= 11 is -0.625. The molecule has 0 radical (unpaired) electrons. The Hall–Kier alpha value is 1.22. The van der Waals surface area contributed by atoms with E-state index in [0.717, 1.165) is 0 Å². The molecule has 5 heavy (non-hydrogen) atoms. The Labute approximate surface area is 51.4 Å². The minimum Gasteiger partial charge on any atom is 1.00 e. The largest absolute Gasteiger partial charge is 1.00 e. The number of hydrogen-bond acceptors (Lipinski definition) is 0. The van der Waals surface area contributed by atoms with E-state index in [1.807, 2.05) is 0 Å². The maximum Gasteiger partial charge on any atom is 1.00 e. The van der Waals surface area contributed by atoms with Crippen molar-refractivity contribution in [3.8, 4) is 0 Å². The van der Waals surface area contributed by atoms with Crippen LogP contribution in [-0.4, -0.2) is 0 Å². The maximum atomic E-state index is 2.38. The number of hydrogen-bond donors (Lipinski definition) is 0. The molecule has 0 heterocycles. The van der Waals surface area contributed by atoms with Gasteiger partial charge in [-0.2, -0.15) is 0 Å². The van der Waals surface area contributed by atoms with Gasteiger partial charge in [0.25, 0.3) is 0 Å². The molecule has 0 aliphatic carbocycles. The molecule has 0 rings (SSSR count). The zero-order valence-corrected chi connectivity index (χ0v) is 7.67. The average molecular weight is 117 g/mol. The van der Waals surface area contributed by atoms with Crippen LogP contribution < -0.4 is 18.9 Å². The van der Waals surface area contributed by atoms with E-state index in [2.05, 4.69) is 16.6 Å². The molecule has 0 aliphatic heterocycles. The SMILES string of the molecule is [CH3][Zn-]([CH3])[CH3].[Li+]. The van der Waals surface area contributed by atoms with Crippen LogP contribution in [0.15, 0.2) is 0 Å². The van der Waals surface area contributed by atoms with Crippen molar-refractivity contribution in [2.75, 3.05) is 0 Å². The Balaban J connectivity index is 0. The summed E-state index contributed by atoms with van der Waals surface area (Å²) in [6.45, 7) is 0. The van der Waals surface area contributed by atoms with E-state index in [-0.39, 0.29) is 18.9 Å². The molecule has 0 aliphatic rings. The zero-order valence-electron chi connectivity index (χ0n) is 4.71. The van der Waals surface area contributed by atoms with E-state index in [0.29, 0.717) is 0 Å². The fourth-order valence-electron chi connectivity index (χ4n) is 0. The van der Waals surface area contributed by atoms with Crippen LogP contribution >= 0.6 is 0 Å². The third-order valence-corrected chi connectivity index (χ3v) is 0. The van der Waals surface area contributed by atoms with Gasteiger partial charge in [-0.15, -0.1) is 0 Å². The summed E-state index contributed by atoms with van der Waals surface area (Å²) in [7, 11) is 0. The van der Waals surface area contributed by atoms with Gasteiger partial charge in [0.05, 0.1) is 0 Å². The molecule has 0 aromatic heterocycles. The zero-order chi connectivity index (χ0) is 3.58. The van der Waals surface area contributed by atoms with Gasteiger partial charge in [0.15, 0.2) is 0 Å². The minimum absolute atomic E-state index is 0.